The highest BCUT2D eigenvalue weighted by atomic mass is 32.1. The number of thiophene rings is 1. The second-order valence-electron chi connectivity index (χ2n) is 6.93. The first-order chi connectivity index (χ1) is 10.1. The Bertz CT molecular complexity index is 382. The van der Waals surface area contributed by atoms with Crippen LogP contribution in [0.25, 0.3) is 0 Å². The van der Waals surface area contributed by atoms with E-state index in [9.17, 15) is 0 Å². The van der Waals surface area contributed by atoms with Gasteiger partial charge in [-0.3, -0.25) is 4.90 Å². The molecule has 3 heteroatoms. The smallest absolute Gasteiger partial charge is 0.0510 e. The lowest BCUT2D eigenvalue weighted by Crippen LogP contribution is -2.45. The molecule has 2 atom stereocenters. The molecule has 1 heterocycles. The van der Waals surface area contributed by atoms with E-state index in [1.54, 1.807) is 11.3 Å². The van der Waals surface area contributed by atoms with Crippen LogP contribution in [0.4, 0.5) is 0 Å². The van der Waals surface area contributed by atoms with E-state index in [4.69, 9.17) is 5.73 Å². The molecule has 2 rings (SSSR count). The van der Waals surface area contributed by atoms with Crippen LogP contribution in [0.2, 0.25) is 0 Å². The quantitative estimate of drug-likeness (QED) is 0.746. The van der Waals surface area contributed by atoms with Crippen molar-refractivity contribution in [3.63, 3.8) is 0 Å². The molecule has 0 spiro atoms. The molecule has 1 saturated carbocycles. The monoisotopic (exact) mass is 308 g/mol. The number of nitrogens with zero attached hydrogens (tertiary/aromatic N) is 1. The standard InChI is InChI=1S/C18H32N2S/c1-4-17(19)18(15-10-12-21-13-15)20(11-9-14(2)3)16-7-5-6-8-16/h10,12-14,16-18H,4-9,11,19H2,1-3H3. The van der Waals surface area contributed by atoms with Gasteiger partial charge in [-0.1, -0.05) is 33.6 Å². The van der Waals surface area contributed by atoms with Crippen molar-refractivity contribution in [3.8, 4) is 0 Å². The highest BCUT2D eigenvalue weighted by molar-refractivity contribution is 7.07. The third kappa shape index (κ3) is 4.54. The molecule has 120 valence electrons. The minimum atomic E-state index is 0.243. The summed E-state index contributed by atoms with van der Waals surface area (Å²) >= 11 is 1.80. The molecule has 1 aromatic rings. The lowest BCUT2D eigenvalue weighted by atomic mass is 9.95. The van der Waals surface area contributed by atoms with Crippen molar-refractivity contribution in [3.05, 3.63) is 22.4 Å². The Balaban J connectivity index is 2.20. The van der Waals surface area contributed by atoms with E-state index in [0.717, 1.165) is 18.4 Å². The zero-order valence-corrected chi connectivity index (χ0v) is 14.7. The predicted octanol–water partition coefficient (Wildman–Crippen LogP) is 4.82. The SMILES string of the molecule is CCC(N)C(c1ccsc1)N(CCC(C)C)C1CCCC1. The first kappa shape index (κ1) is 17.0. The first-order valence-corrected chi connectivity index (χ1v) is 9.61. The van der Waals surface area contributed by atoms with E-state index >= 15 is 0 Å². The Kier molecular flexibility index (Phi) is 6.72. The third-order valence-electron chi connectivity index (χ3n) is 4.88. The molecule has 1 fully saturated rings. The topological polar surface area (TPSA) is 29.3 Å². The molecule has 2 N–H and O–H groups in total. The van der Waals surface area contributed by atoms with Crippen molar-refractivity contribution >= 4 is 11.3 Å². The van der Waals surface area contributed by atoms with Crippen molar-refractivity contribution in [2.24, 2.45) is 11.7 Å². The first-order valence-electron chi connectivity index (χ1n) is 8.66. The maximum Gasteiger partial charge on any atom is 0.0510 e. The van der Waals surface area contributed by atoms with Crippen LogP contribution in [0.5, 0.6) is 0 Å². The van der Waals surface area contributed by atoms with Gasteiger partial charge in [-0.05, 0) is 60.5 Å². The zero-order chi connectivity index (χ0) is 15.2. The summed E-state index contributed by atoms with van der Waals surface area (Å²) in [4.78, 5) is 2.75. The Labute approximate surface area is 134 Å². The summed E-state index contributed by atoms with van der Waals surface area (Å²) in [5, 5.41) is 4.50. The molecule has 0 radical (unpaired) electrons. The molecule has 0 aliphatic heterocycles. The van der Waals surface area contributed by atoms with Crippen LogP contribution in [0.3, 0.4) is 0 Å². The van der Waals surface area contributed by atoms with Crippen molar-refractivity contribution in [1.29, 1.82) is 0 Å². The molecule has 1 aromatic heterocycles. The second kappa shape index (κ2) is 8.30. The fourth-order valence-corrected chi connectivity index (χ4v) is 4.23. The molecular weight excluding hydrogens is 276 g/mol. The van der Waals surface area contributed by atoms with Crippen molar-refractivity contribution in [2.45, 2.75) is 77.4 Å². The maximum absolute atomic E-state index is 6.55. The average Bonchev–Trinajstić information content (AvgIpc) is 3.14. The van der Waals surface area contributed by atoms with Gasteiger partial charge in [0.25, 0.3) is 0 Å². The number of hydrogen-bond donors (Lipinski definition) is 1. The highest BCUT2D eigenvalue weighted by Crippen LogP contribution is 2.34. The molecule has 1 aliphatic rings. The average molecular weight is 309 g/mol. The van der Waals surface area contributed by atoms with Gasteiger partial charge in [0, 0.05) is 12.1 Å². The summed E-state index contributed by atoms with van der Waals surface area (Å²) in [7, 11) is 0. The fraction of sp³-hybridized carbons (Fsp3) is 0.778. The van der Waals surface area contributed by atoms with Crippen molar-refractivity contribution < 1.29 is 0 Å². The summed E-state index contributed by atoms with van der Waals surface area (Å²) in [5.74, 6) is 0.759. The highest BCUT2D eigenvalue weighted by Gasteiger charge is 2.32. The van der Waals surface area contributed by atoms with Crippen LogP contribution in [0, 0.1) is 5.92 Å². The Hall–Kier alpha value is -0.380. The van der Waals surface area contributed by atoms with Gasteiger partial charge in [0.05, 0.1) is 6.04 Å². The molecule has 0 amide bonds. The largest absolute Gasteiger partial charge is 0.326 e. The molecule has 2 unspecified atom stereocenters. The normalized spacial score (nSPS) is 19.5. The minimum absolute atomic E-state index is 0.243. The van der Waals surface area contributed by atoms with E-state index in [0.29, 0.717) is 6.04 Å². The molecular formula is C18H32N2S. The van der Waals surface area contributed by atoms with Gasteiger partial charge in [-0.2, -0.15) is 11.3 Å². The summed E-state index contributed by atoms with van der Waals surface area (Å²) in [6.45, 7) is 8.06. The Morgan fingerprint density at radius 2 is 2.05 bits per heavy atom. The van der Waals surface area contributed by atoms with Gasteiger partial charge in [-0.25, -0.2) is 0 Å². The van der Waals surface area contributed by atoms with Gasteiger partial charge >= 0.3 is 0 Å². The van der Waals surface area contributed by atoms with Crippen molar-refractivity contribution in [2.75, 3.05) is 6.54 Å². The summed E-state index contributed by atoms with van der Waals surface area (Å²) in [6, 6.07) is 3.67. The Morgan fingerprint density at radius 3 is 2.57 bits per heavy atom. The van der Waals surface area contributed by atoms with Gasteiger partial charge in [0.2, 0.25) is 0 Å². The van der Waals surface area contributed by atoms with Crippen LogP contribution < -0.4 is 5.73 Å². The lowest BCUT2D eigenvalue weighted by Gasteiger charge is -2.39. The van der Waals surface area contributed by atoms with Crippen LogP contribution in [-0.2, 0) is 0 Å². The predicted molar refractivity (Wildman–Crippen MR) is 93.7 cm³/mol. The van der Waals surface area contributed by atoms with E-state index in [2.05, 4.69) is 42.5 Å². The maximum atomic E-state index is 6.55. The zero-order valence-electron chi connectivity index (χ0n) is 13.9. The van der Waals surface area contributed by atoms with Crippen molar-refractivity contribution in [1.82, 2.24) is 4.90 Å². The van der Waals surface area contributed by atoms with Crippen LogP contribution in [-0.4, -0.2) is 23.5 Å². The second-order valence-corrected chi connectivity index (χ2v) is 7.71. The summed E-state index contributed by atoms with van der Waals surface area (Å²) in [6.07, 6.45) is 7.81. The number of nitrogens with two attached hydrogens (primary N) is 1. The van der Waals surface area contributed by atoms with E-state index in [1.807, 2.05) is 0 Å². The van der Waals surface area contributed by atoms with Crippen LogP contribution in [0.1, 0.15) is 70.9 Å². The molecule has 0 bridgehead atoms. The van der Waals surface area contributed by atoms with Gasteiger partial charge in [0.1, 0.15) is 0 Å². The lowest BCUT2D eigenvalue weighted by molar-refractivity contribution is 0.108. The molecule has 1 aliphatic carbocycles. The molecule has 0 aromatic carbocycles. The summed E-state index contributed by atoms with van der Waals surface area (Å²) in [5.41, 5.74) is 7.98. The Morgan fingerprint density at radius 1 is 1.33 bits per heavy atom. The van der Waals surface area contributed by atoms with Gasteiger partial charge in [0.15, 0.2) is 0 Å². The third-order valence-corrected chi connectivity index (χ3v) is 5.58. The minimum Gasteiger partial charge on any atom is -0.326 e. The fourth-order valence-electron chi connectivity index (χ4n) is 3.54. The molecule has 21 heavy (non-hydrogen) atoms. The number of hydrogen-bond acceptors (Lipinski definition) is 3. The molecule has 0 saturated heterocycles. The molecule has 2 nitrogen and oxygen atoms in total. The van der Waals surface area contributed by atoms with Crippen LogP contribution in [0.15, 0.2) is 16.8 Å². The summed E-state index contributed by atoms with van der Waals surface area (Å²) < 4.78 is 0. The van der Waals surface area contributed by atoms with Gasteiger partial charge in [-0.15, -0.1) is 0 Å². The van der Waals surface area contributed by atoms with Gasteiger partial charge < -0.3 is 5.73 Å². The van der Waals surface area contributed by atoms with Crippen LogP contribution >= 0.6 is 11.3 Å². The number of rotatable bonds is 8. The van der Waals surface area contributed by atoms with E-state index in [1.165, 1.54) is 44.2 Å². The van der Waals surface area contributed by atoms with E-state index in [-0.39, 0.29) is 6.04 Å². The van der Waals surface area contributed by atoms with E-state index < -0.39 is 0 Å².